The van der Waals surface area contributed by atoms with Gasteiger partial charge in [0.2, 0.25) is 0 Å². The third-order valence-corrected chi connectivity index (χ3v) is 7.92. The van der Waals surface area contributed by atoms with Crippen molar-refractivity contribution in [3.8, 4) is 11.1 Å². The molecule has 0 spiro atoms. The standard InChI is InChI=1S/C21H23FN2O6S/c22-16-7-3-14(4-8-16)15-5-9-17(10-6-15)31(29,30)18-2-1-12-21(18,20(27)24-28)23-13-11-19(25)26/h3-10,18,23,28H,1-2,11-13H2,(H,24,27)(H,25,26). The van der Waals surface area contributed by atoms with Gasteiger partial charge in [-0.2, -0.15) is 0 Å². The molecule has 8 nitrogen and oxygen atoms in total. The Labute approximate surface area is 179 Å². The molecule has 0 aromatic heterocycles. The number of hydroxylamine groups is 1. The van der Waals surface area contributed by atoms with Gasteiger partial charge in [0, 0.05) is 6.54 Å². The predicted molar refractivity (Wildman–Crippen MR) is 110 cm³/mol. The lowest BCUT2D eigenvalue weighted by molar-refractivity contribution is -0.139. The average Bonchev–Trinajstić information content (AvgIpc) is 3.19. The number of halogens is 1. The highest BCUT2D eigenvalue weighted by atomic mass is 32.2. The van der Waals surface area contributed by atoms with E-state index in [4.69, 9.17) is 5.11 Å². The zero-order valence-electron chi connectivity index (χ0n) is 16.5. The SMILES string of the molecule is O=C(O)CCNC1(C(=O)NO)CCCC1S(=O)(=O)c1ccc(-c2ccc(F)cc2)cc1. The first-order valence-electron chi connectivity index (χ1n) is 9.72. The lowest BCUT2D eigenvalue weighted by Crippen LogP contribution is -2.63. The van der Waals surface area contributed by atoms with Crippen LogP contribution >= 0.6 is 0 Å². The highest BCUT2D eigenvalue weighted by Gasteiger charge is 2.54. The maximum atomic E-state index is 13.4. The summed E-state index contributed by atoms with van der Waals surface area (Å²) in [5, 5.41) is 19.7. The molecular weight excluding hydrogens is 427 g/mol. The van der Waals surface area contributed by atoms with Crippen LogP contribution in [-0.2, 0) is 19.4 Å². The van der Waals surface area contributed by atoms with Crippen LogP contribution in [0, 0.1) is 5.82 Å². The van der Waals surface area contributed by atoms with E-state index in [9.17, 15) is 27.6 Å². The maximum absolute atomic E-state index is 13.4. The third kappa shape index (κ3) is 4.60. The van der Waals surface area contributed by atoms with Crippen LogP contribution in [0.2, 0.25) is 0 Å². The van der Waals surface area contributed by atoms with Crippen LogP contribution < -0.4 is 10.8 Å². The fourth-order valence-electron chi connectivity index (χ4n) is 4.07. The molecule has 4 N–H and O–H groups in total. The van der Waals surface area contributed by atoms with E-state index in [-0.39, 0.29) is 36.5 Å². The van der Waals surface area contributed by atoms with E-state index >= 15 is 0 Å². The molecule has 2 unspecified atom stereocenters. The van der Waals surface area contributed by atoms with E-state index in [0.717, 1.165) is 5.56 Å². The van der Waals surface area contributed by atoms with Gasteiger partial charge in [0.15, 0.2) is 9.84 Å². The number of rotatable bonds is 8. The van der Waals surface area contributed by atoms with Gasteiger partial charge >= 0.3 is 5.97 Å². The molecule has 2 aromatic rings. The molecule has 31 heavy (non-hydrogen) atoms. The number of hydrogen-bond acceptors (Lipinski definition) is 6. The first-order chi connectivity index (χ1) is 14.7. The van der Waals surface area contributed by atoms with Gasteiger partial charge in [-0.1, -0.05) is 24.3 Å². The summed E-state index contributed by atoms with van der Waals surface area (Å²) < 4.78 is 39.9. The van der Waals surface area contributed by atoms with Crippen molar-refractivity contribution in [2.75, 3.05) is 6.54 Å². The molecule has 1 amide bonds. The number of sulfone groups is 1. The average molecular weight is 450 g/mol. The van der Waals surface area contributed by atoms with Crippen LogP contribution in [0.3, 0.4) is 0 Å². The number of hydrogen-bond donors (Lipinski definition) is 4. The Bertz CT molecular complexity index is 1060. The Morgan fingerprint density at radius 1 is 1.06 bits per heavy atom. The van der Waals surface area contributed by atoms with Crippen LogP contribution in [0.4, 0.5) is 4.39 Å². The Kier molecular flexibility index (Phi) is 6.73. The molecule has 2 atom stereocenters. The van der Waals surface area contributed by atoms with Gasteiger partial charge < -0.3 is 10.4 Å². The smallest absolute Gasteiger partial charge is 0.304 e. The minimum Gasteiger partial charge on any atom is -0.481 e. The molecule has 0 bridgehead atoms. The molecule has 2 aromatic carbocycles. The van der Waals surface area contributed by atoms with Crippen molar-refractivity contribution >= 4 is 21.7 Å². The van der Waals surface area contributed by atoms with Gasteiger partial charge in [-0.3, -0.25) is 14.8 Å². The van der Waals surface area contributed by atoms with Crippen molar-refractivity contribution in [2.45, 2.75) is 41.4 Å². The second-order valence-corrected chi connectivity index (χ2v) is 9.57. The number of carboxylic acids is 1. The van der Waals surface area contributed by atoms with Crippen molar-refractivity contribution in [3.63, 3.8) is 0 Å². The summed E-state index contributed by atoms with van der Waals surface area (Å²) in [6, 6.07) is 11.8. The summed E-state index contributed by atoms with van der Waals surface area (Å²) in [5.41, 5.74) is 1.31. The van der Waals surface area contributed by atoms with Crippen LogP contribution in [0.25, 0.3) is 11.1 Å². The molecule has 1 aliphatic rings. The van der Waals surface area contributed by atoms with Crippen LogP contribution in [0.1, 0.15) is 25.7 Å². The molecule has 1 aliphatic carbocycles. The van der Waals surface area contributed by atoms with Crippen molar-refractivity contribution in [3.05, 3.63) is 54.3 Å². The Balaban J connectivity index is 1.91. The minimum atomic E-state index is -4.00. The molecule has 3 rings (SSSR count). The van der Waals surface area contributed by atoms with E-state index in [1.807, 2.05) is 0 Å². The zero-order valence-corrected chi connectivity index (χ0v) is 17.4. The Morgan fingerprint density at radius 3 is 2.19 bits per heavy atom. The molecule has 10 heteroatoms. The number of benzene rings is 2. The van der Waals surface area contributed by atoms with E-state index in [1.165, 1.54) is 29.7 Å². The van der Waals surface area contributed by atoms with Gasteiger partial charge in [-0.25, -0.2) is 18.3 Å². The molecule has 0 saturated heterocycles. The van der Waals surface area contributed by atoms with E-state index in [1.54, 1.807) is 24.3 Å². The monoisotopic (exact) mass is 450 g/mol. The largest absolute Gasteiger partial charge is 0.481 e. The molecule has 0 radical (unpaired) electrons. The van der Waals surface area contributed by atoms with Crippen LogP contribution in [-0.4, -0.2) is 47.9 Å². The van der Waals surface area contributed by atoms with E-state index in [0.29, 0.717) is 12.0 Å². The molecule has 166 valence electrons. The van der Waals surface area contributed by atoms with Crippen molar-refractivity contribution in [1.82, 2.24) is 10.8 Å². The van der Waals surface area contributed by atoms with Gasteiger partial charge in [-0.15, -0.1) is 0 Å². The minimum absolute atomic E-state index is 0.000381. The second-order valence-electron chi connectivity index (χ2n) is 7.44. The number of nitrogens with one attached hydrogen (secondary N) is 2. The lowest BCUT2D eigenvalue weighted by Gasteiger charge is -2.34. The van der Waals surface area contributed by atoms with Crippen molar-refractivity contribution < 1.29 is 32.7 Å². The summed E-state index contributed by atoms with van der Waals surface area (Å²) >= 11 is 0. The number of aliphatic carboxylic acids is 1. The second kappa shape index (κ2) is 9.13. The summed E-state index contributed by atoms with van der Waals surface area (Å²) in [5.74, 6) is -2.38. The summed E-state index contributed by atoms with van der Waals surface area (Å²) in [6.45, 7) is -0.127. The van der Waals surface area contributed by atoms with Crippen molar-refractivity contribution in [2.24, 2.45) is 0 Å². The number of amides is 1. The fourth-order valence-corrected chi connectivity index (χ4v) is 6.23. The summed E-state index contributed by atoms with van der Waals surface area (Å²) in [6.07, 6.45) is 0.413. The highest BCUT2D eigenvalue weighted by Crippen LogP contribution is 2.38. The molecular formula is C21H23FN2O6S. The zero-order chi connectivity index (χ0) is 22.6. The summed E-state index contributed by atoms with van der Waals surface area (Å²) in [7, 11) is -4.00. The highest BCUT2D eigenvalue weighted by molar-refractivity contribution is 7.92. The first-order valence-corrected chi connectivity index (χ1v) is 11.3. The quantitative estimate of drug-likeness (QED) is 0.358. The molecule has 1 fully saturated rings. The molecule has 1 saturated carbocycles. The Morgan fingerprint density at radius 2 is 1.65 bits per heavy atom. The fraction of sp³-hybridized carbons (Fsp3) is 0.333. The Hall–Kier alpha value is -2.82. The van der Waals surface area contributed by atoms with Gasteiger partial charge in [-0.05, 0) is 54.7 Å². The topological polar surface area (TPSA) is 133 Å². The normalized spacial score (nSPS) is 21.0. The van der Waals surface area contributed by atoms with E-state index in [2.05, 4.69) is 5.32 Å². The van der Waals surface area contributed by atoms with E-state index < -0.39 is 32.5 Å². The van der Waals surface area contributed by atoms with Gasteiger partial charge in [0.1, 0.15) is 11.4 Å². The maximum Gasteiger partial charge on any atom is 0.304 e. The molecule has 0 aliphatic heterocycles. The van der Waals surface area contributed by atoms with Crippen LogP contribution in [0.5, 0.6) is 0 Å². The molecule has 0 heterocycles. The van der Waals surface area contributed by atoms with Gasteiger partial charge in [0.05, 0.1) is 16.6 Å². The lowest BCUT2D eigenvalue weighted by atomic mass is 9.96. The van der Waals surface area contributed by atoms with Crippen molar-refractivity contribution in [1.29, 1.82) is 0 Å². The third-order valence-electron chi connectivity index (χ3n) is 5.61. The number of carboxylic acid groups (broad SMARTS) is 1. The number of carbonyl (C=O) groups is 2. The predicted octanol–water partition coefficient (Wildman–Crippen LogP) is 2.13. The van der Waals surface area contributed by atoms with Crippen LogP contribution in [0.15, 0.2) is 53.4 Å². The first kappa shape index (κ1) is 22.9. The summed E-state index contributed by atoms with van der Waals surface area (Å²) in [4.78, 5) is 23.4. The number of carbonyl (C=O) groups excluding carboxylic acids is 1. The van der Waals surface area contributed by atoms with Gasteiger partial charge in [0.25, 0.3) is 5.91 Å².